The van der Waals surface area contributed by atoms with Gasteiger partial charge in [-0.2, -0.15) is 0 Å². The van der Waals surface area contributed by atoms with Crippen LogP contribution in [0.5, 0.6) is 0 Å². The summed E-state index contributed by atoms with van der Waals surface area (Å²) < 4.78 is 21.7. The molecule has 0 spiro atoms. The number of halogens is 1. The van der Waals surface area contributed by atoms with Crippen LogP contribution < -0.4 is 0 Å². The Bertz CT molecular complexity index is 216. The summed E-state index contributed by atoms with van der Waals surface area (Å²) in [4.78, 5) is 2.06. The van der Waals surface area contributed by atoms with Crippen molar-refractivity contribution in [1.82, 2.24) is 4.90 Å². The van der Waals surface area contributed by atoms with Gasteiger partial charge in [-0.05, 0) is 26.4 Å². The van der Waals surface area contributed by atoms with E-state index in [0.717, 1.165) is 24.7 Å². The average Bonchev–Trinajstić information content (AvgIpc) is 2.00. The summed E-state index contributed by atoms with van der Waals surface area (Å²) >= 11 is 3.36. The monoisotopic (exact) mass is 271 g/mol. The molecule has 0 bridgehead atoms. The summed E-state index contributed by atoms with van der Waals surface area (Å²) in [6.07, 6.45) is 3.54. The zero-order valence-corrected chi connectivity index (χ0v) is 10.7. The molecule has 0 saturated heterocycles. The normalized spacial score (nSPS) is 12.3. The Hall–Kier alpha value is 0.390. The van der Waals surface area contributed by atoms with Gasteiger partial charge in [0, 0.05) is 18.1 Å². The van der Waals surface area contributed by atoms with Gasteiger partial charge in [0.15, 0.2) is 0 Å². The first kappa shape index (κ1) is 13.4. The summed E-state index contributed by atoms with van der Waals surface area (Å²) in [5.74, 6) is 0.262. The number of nitrogens with zero attached hydrogens (tertiary/aromatic N) is 1. The minimum atomic E-state index is -2.80. The second-order valence-electron chi connectivity index (χ2n) is 3.33. The van der Waals surface area contributed by atoms with Crippen LogP contribution in [-0.2, 0) is 9.84 Å². The van der Waals surface area contributed by atoms with E-state index in [0.29, 0.717) is 6.54 Å². The van der Waals surface area contributed by atoms with E-state index in [2.05, 4.69) is 20.8 Å². The second kappa shape index (κ2) is 6.79. The van der Waals surface area contributed by atoms with Crippen LogP contribution in [0.3, 0.4) is 0 Å². The fourth-order valence-electron chi connectivity index (χ4n) is 0.910. The van der Waals surface area contributed by atoms with Gasteiger partial charge in [0.25, 0.3) is 0 Å². The van der Waals surface area contributed by atoms with Crippen molar-refractivity contribution in [3.8, 4) is 0 Å². The van der Waals surface area contributed by atoms with Gasteiger partial charge in [-0.1, -0.05) is 15.9 Å². The first-order valence-corrected chi connectivity index (χ1v) is 7.56. The minimum Gasteiger partial charge on any atom is -0.305 e. The molecule has 0 unspecified atom stereocenters. The summed E-state index contributed by atoms with van der Waals surface area (Å²) in [5.41, 5.74) is 0. The third-order valence-corrected chi connectivity index (χ3v) is 3.25. The van der Waals surface area contributed by atoms with Crippen LogP contribution in [-0.4, -0.2) is 50.8 Å². The molecule has 3 nitrogen and oxygen atoms in total. The van der Waals surface area contributed by atoms with E-state index in [1.165, 1.54) is 6.26 Å². The molecule has 0 amide bonds. The van der Waals surface area contributed by atoms with Gasteiger partial charge < -0.3 is 4.90 Å². The highest BCUT2D eigenvalue weighted by Crippen LogP contribution is 1.96. The van der Waals surface area contributed by atoms with E-state index in [-0.39, 0.29) is 5.75 Å². The van der Waals surface area contributed by atoms with Gasteiger partial charge in [0.05, 0.1) is 5.75 Å². The van der Waals surface area contributed by atoms with Crippen molar-refractivity contribution >= 4 is 25.8 Å². The molecule has 0 heterocycles. The van der Waals surface area contributed by atoms with Gasteiger partial charge in [0.2, 0.25) is 0 Å². The molecule has 0 aliphatic carbocycles. The number of hydrogen-bond donors (Lipinski definition) is 0. The molecule has 13 heavy (non-hydrogen) atoms. The van der Waals surface area contributed by atoms with Crippen LogP contribution in [0, 0.1) is 0 Å². The predicted molar refractivity (Wildman–Crippen MR) is 60.2 cm³/mol. The van der Waals surface area contributed by atoms with Crippen LogP contribution >= 0.6 is 15.9 Å². The highest BCUT2D eigenvalue weighted by Gasteiger charge is 2.04. The smallest absolute Gasteiger partial charge is 0.148 e. The van der Waals surface area contributed by atoms with Crippen LogP contribution in [0.25, 0.3) is 0 Å². The predicted octanol–water partition coefficient (Wildman–Crippen LogP) is 1.14. The topological polar surface area (TPSA) is 37.4 Å². The average molecular weight is 272 g/mol. The zero-order chi connectivity index (χ0) is 10.3. The molecule has 0 radical (unpaired) electrons. The Kier molecular flexibility index (Phi) is 6.99. The quantitative estimate of drug-likeness (QED) is 0.515. The zero-order valence-electron chi connectivity index (χ0n) is 8.29. The third kappa shape index (κ3) is 10.3. The number of sulfone groups is 1. The van der Waals surface area contributed by atoms with Crippen molar-refractivity contribution < 1.29 is 8.42 Å². The number of rotatable bonds is 7. The molecule has 0 rings (SSSR count). The Morgan fingerprint density at radius 3 is 2.31 bits per heavy atom. The molecule has 0 aromatic heterocycles. The second-order valence-corrected chi connectivity index (χ2v) is 6.38. The van der Waals surface area contributed by atoms with Gasteiger partial charge in [-0.25, -0.2) is 8.42 Å². The molecular formula is C8H18BrNO2S. The van der Waals surface area contributed by atoms with Gasteiger partial charge in [0.1, 0.15) is 9.84 Å². The van der Waals surface area contributed by atoms with Crippen LogP contribution in [0.2, 0.25) is 0 Å². The fraction of sp³-hybridized carbons (Fsp3) is 1.00. The Morgan fingerprint density at radius 2 is 1.85 bits per heavy atom. The summed E-state index contributed by atoms with van der Waals surface area (Å²) in [6, 6.07) is 0. The van der Waals surface area contributed by atoms with Crippen molar-refractivity contribution in [3.05, 3.63) is 0 Å². The van der Waals surface area contributed by atoms with Gasteiger partial charge >= 0.3 is 0 Å². The summed E-state index contributed by atoms with van der Waals surface area (Å²) in [7, 11) is -0.843. The van der Waals surface area contributed by atoms with E-state index in [9.17, 15) is 8.42 Å². The van der Waals surface area contributed by atoms with Gasteiger partial charge in [-0.15, -0.1) is 0 Å². The van der Waals surface area contributed by atoms with Crippen molar-refractivity contribution in [2.24, 2.45) is 0 Å². The maximum absolute atomic E-state index is 10.8. The lowest BCUT2D eigenvalue weighted by atomic mass is 10.3. The van der Waals surface area contributed by atoms with Crippen LogP contribution in [0.15, 0.2) is 0 Å². The largest absolute Gasteiger partial charge is 0.305 e. The lowest BCUT2D eigenvalue weighted by molar-refractivity contribution is 0.347. The maximum atomic E-state index is 10.8. The van der Waals surface area contributed by atoms with E-state index < -0.39 is 9.84 Å². The Labute approximate surface area is 89.5 Å². The SMILES string of the molecule is CN(CCCCBr)CCS(C)(=O)=O. The standard InChI is InChI=1S/C8H18BrNO2S/c1-10(6-4-3-5-9)7-8-13(2,11)12/h3-8H2,1-2H3. The molecule has 0 saturated carbocycles. The lowest BCUT2D eigenvalue weighted by Crippen LogP contribution is -2.26. The van der Waals surface area contributed by atoms with E-state index in [4.69, 9.17) is 0 Å². The molecule has 0 aromatic rings. The van der Waals surface area contributed by atoms with Crippen molar-refractivity contribution in [1.29, 1.82) is 0 Å². The molecule has 0 aromatic carbocycles. The summed E-state index contributed by atoms with van der Waals surface area (Å²) in [6.45, 7) is 1.61. The van der Waals surface area contributed by atoms with E-state index in [1.54, 1.807) is 0 Å². The molecule has 0 N–H and O–H groups in total. The fourth-order valence-corrected chi connectivity index (χ4v) is 1.95. The molecular weight excluding hydrogens is 254 g/mol. The van der Waals surface area contributed by atoms with Gasteiger partial charge in [-0.3, -0.25) is 0 Å². The summed E-state index contributed by atoms with van der Waals surface area (Å²) in [5, 5.41) is 1.02. The maximum Gasteiger partial charge on any atom is 0.148 e. The molecule has 0 aliphatic rings. The van der Waals surface area contributed by atoms with E-state index in [1.807, 2.05) is 7.05 Å². The van der Waals surface area contributed by atoms with Crippen LogP contribution in [0.1, 0.15) is 12.8 Å². The first-order valence-electron chi connectivity index (χ1n) is 4.38. The Balaban J connectivity index is 3.46. The number of alkyl halides is 1. The highest BCUT2D eigenvalue weighted by molar-refractivity contribution is 9.09. The minimum absolute atomic E-state index is 0.262. The number of unbranched alkanes of at least 4 members (excludes halogenated alkanes) is 1. The van der Waals surface area contributed by atoms with Crippen molar-refractivity contribution in [3.63, 3.8) is 0 Å². The highest BCUT2D eigenvalue weighted by atomic mass is 79.9. The van der Waals surface area contributed by atoms with Crippen molar-refractivity contribution in [2.75, 3.05) is 37.5 Å². The first-order chi connectivity index (χ1) is 5.95. The third-order valence-electron chi connectivity index (χ3n) is 1.77. The van der Waals surface area contributed by atoms with Crippen molar-refractivity contribution in [2.45, 2.75) is 12.8 Å². The molecule has 80 valence electrons. The molecule has 5 heteroatoms. The Morgan fingerprint density at radius 1 is 1.23 bits per heavy atom. The lowest BCUT2D eigenvalue weighted by Gasteiger charge is -2.14. The van der Waals surface area contributed by atoms with Crippen LogP contribution in [0.4, 0.5) is 0 Å². The molecule has 0 fully saturated rings. The molecule has 0 atom stereocenters. The molecule has 0 aliphatic heterocycles. The van der Waals surface area contributed by atoms with E-state index >= 15 is 0 Å². The number of hydrogen-bond acceptors (Lipinski definition) is 3.